The van der Waals surface area contributed by atoms with Crippen LogP contribution in [0.2, 0.25) is 0 Å². The number of aromatic nitrogens is 2. The van der Waals surface area contributed by atoms with Crippen molar-refractivity contribution in [2.24, 2.45) is 0 Å². The first-order valence-corrected chi connectivity index (χ1v) is 9.51. The second kappa shape index (κ2) is 6.73. The Morgan fingerprint density at radius 2 is 1.92 bits per heavy atom. The molecule has 1 aromatic heterocycles. The first-order valence-electron chi connectivity index (χ1n) is 7.56. The molecule has 1 aliphatic rings. The summed E-state index contributed by atoms with van der Waals surface area (Å²) >= 11 is 0. The molecule has 0 amide bonds. The highest BCUT2D eigenvalue weighted by atomic mass is 32.2. The van der Waals surface area contributed by atoms with Crippen LogP contribution in [0.1, 0.15) is 31.4 Å². The van der Waals surface area contributed by atoms with E-state index in [1.807, 2.05) is 0 Å². The number of nitrogens with zero attached hydrogens (tertiary/aromatic N) is 3. The van der Waals surface area contributed by atoms with Gasteiger partial charge in [-0.05, 0) is 19.3 Å². The van der Waals surface area contributed by atoms with E-state index < -0.39 is 27.0 Å². The molecular formula is C14H21F3N4O2S. The SMILES string of the molecule is CN(C)c1cc(C(F)(F)F)nc(NC2CCCC(S(C)(=O)=O)C2)n1. The molecule has 0 bridgehead atoms. The number of anilines is 2. The molecule has 0 aliphatic heterocycles. The predicted octanol–water partition coefficient (Wildman–Crippen LogP) is 2.33. The Hall–Kier alpha value is -1.58. The first kappa shape index (κ1) is 18.8. The van der Waals surface area contributed by atoms with Crippen molar-refractivity contribution in [1.29, 1.82) is 0 Å². The maximum absolute atomic E-state index is 13.0. The lowest BCUT2D eigenvalue weighted by atomic mass is 9.95. The molecule has 1 saturated carbocycles. The minimum atomic E-state index is -4.58. The number of nitrogens with one attached hydrogen (secondary N) is 1. The van der Waals surface area contributed by atoms with E-state index in [9.17, 15) is 21.6 Å². The monoisotopic (exact) mass is 366 g/mol. The Bertz CT molecular complexity index is 692. The predicted molar refractivity (Wildman–Crippen MR) is 85.9 cm³/mol. The molecule has 0 aromatic carbocycles. The highest BCUT2D eigenvalue weighted by Crippen LogP contribution is 2.31. The quantitative estimate of drug-likeness (QED) is 0.882. The van der Waals surface area contributed by atoms with Gasteiger partial charge in [0, 0.05) is 32.5 Å². The standard InChI is InChI=1S/C14H21F3N4O2S/c1-21(2)12-8-11(14(15,16)17)19-13(20-12)18-9-5-4-6-10(7-9)24(3,22)23/h8-10H,4-7H2,1-3H3,(H,18,19,20). The smallest absolute Gasteiger partial charge is 0.363 e. The van der Waals surface area contributed by atoms with Crippen LogP contribution in [-0.2, 0) is 16.0 Å². The summed E-state index contributed by atoms with van der Waals surface area (Å²) < 4.78 is 62.4. The second-order valence-corrected chi connectivity index (χ2v) is 8.61. The van der Waals surface area contributed by atoms with Crippen molar-refractivity contribution in [2.45, 2.75) is 43.2 Å². The van der Waals surface area contributed by atoms with Crippen LogP contribution in [0.25, 0.3) is 0 Å². The van der Waals surface area contributed by atoms with Crippen LogP contribution in [0.5, 0.6) is 0 Å². The second-order valence-electron chi connectivity index (χ2n) is 6.29. The zero-order chi connectivity index (χ0) is 18.1. The summed E-state index contributed by atoms with van der Waals surface area (Å²) in [7, 11) is 0.00656. The minimum Gasteiger partial charge on any atom is -0.363 e. The van der Waals surface area contributed by atoms with Gasteiger partial charge in [0.05, 0.1) is 5.25 Å². The molecule has 1 fully saturated rings. The summed E-state index contributed by atoms with van der Waals surface area (Å²) in [5.74, 6) is 0.00275. The van der Waals surface area contributed by atoms with Gasteiger partial charge in [0.1, 0.15) is 15.7 Å². The van der Waals surface area contributed by atoms with Gasteiger partial charge in [-0.2, -0.15) is 18.2 Å². The molecule has 10 heteroatoms. The van der Waals surface area contributed by atoms with E-state index in [2.05, 4.69) is 15.3 Å². The van der Waals surface area contributed by atoms with E-state index in [0.29, 0.717) is 25.7 Å². The summed E-state index contributed by atoms with van der Waals surface area (Å²) in [6, 6.07) is 0.614. The summed E-state index contributed by atoms with van der Waals surface area (Å²) in [5.41, 5.74) is -1.03. The zero-order valence-corrected chi connectivity index (χ0v) is 14.6. The molecule has 6 nitrogen and oxygen atoms in total. The van der Waals surface area contributed by atoms with Crippen LogP contribution < -0.4 is 10.2 Å². The van der Waals surface area contributed by atoms with Gasteiger partial charge >= 0.3 is 6.18 Å². The number of hydrogen-bond donors (Lipinski definition) is 1. The molecule has 24 heavy (non-hydrogen) atoms. The van der Waals surface area contributed by atoms with Crippen molar-refractivity contribution in [3.63, 3.8) is 0 Å². The summed E-state index contributed by atoms with van der Waals surface area (Å²) in [6.45, 7) is 0. The van der Waals surface area contributed by atoms with Crippen LogP contribution in [0.3, 0.4) is 0 Å². The number of hydrogen-bond acceptors (Lipinski definition) is 6. The fraction of sp³-hybridized carbons (Fsp3) is 0.714. The van der Waals surface area contributed by atoms with Gasteiger partial charge in [0.15, 0.2) is 5.69 Å². The lowest BCUT2D eigenvalue weighted by Gasteiger charge is -2.29. The van der Waals surface area contributed by atoms with E-state index in [0.717, 1.165) is 6.07 Å². The van der Waals surface area contributed by atoms with E-state index in [-0.39, 0.29) is 17.8 Å². The van der Waals surface area contributed by atoms with Crippen molar-refractivity contribution in [3.8, 4) is 0 Å². The third-order valence-corrected chi connectivity index (χ3v) is 5.67. The van der Waals surface area contributed by atoms with E-state index in [4.69, 9.17) is 0 Å². The Morgan fingerprint density at radius 3 is 2.46 bits per heavy atom. The average Bonchev–Trinajstić information content (AvgIpc) is 2.45. The maximum atomic E-state index is 13.0. The largest absolute Gasteiger partial charge is 0.433 e. The molecule has 2 rings (SSSR count). The Kier molecular flexibility index (Phi) is 5.26. The topological polar surface area (TPSA) is 75.2 Å². The molecule has 1 heterocycles. The van der Waals surface area contributed by atoms with E-state index >= 15 is 0 Å². The van der Waals surface area contributed by atoms with Crippen LogP contribution in [-0.4, -0.2) is 50.0 Å². The fourth-order valence-corrected chi connectivity index (χ4v) is 3.90. The Morgan fingerprint density at radius 1 is 1.25 bits per heavy atom. The van der Waals surface area contributed by atoms with Crippen molar-refractivity contribution in [3.05, 3.63) is 11.8 Å². The molecule has 0 spiro atoms. The minimum absolute atomic E-state index is 0.132. The normalized spacial score (nSPS) is 22.2. The van der Waals surface area contributed by atoms with Crippen LogP contribution in [0.4, 0.5) is 24.9 Å². The fourth-order valence-electron chi connectivity index (χ4n) is 2.72. The van der Waals surface area contributed by atoms with Crippen molar-refractivity contribution in [1.82, 2.24) is 9.97 Å². The first-order chi connectivity index (χ1) is 11.0. The number of sulfone groups is 1. The van der Waals surface area contributed by atoms with Gasteiger partial charge < -0.3 is 10.2 Å². The number of halogens is 3. The van der Waals surface area contributed by atoms with Gasteiger partial charge in [0.2, 0.25) is 5.95 Å². The van der Waals surface area contributed by atoms with Gasteiger partial charge in [-0.1, -0.05) is 6.42 Å². The molecule has 136 valence electrons. The highest BCUT2D eigenvalue weighted by molar-refractivity contribution is 7.91. The van der Waals surface area contributed by atoms with Crippen LogP contribution >= 0.6 is 0 Å². The molecule has 1 aromatic rings. The number of alkyl halides is 3. The Labute approximate surface area is 139 Å². The van der Waals surface area contributed by atoms with E-state index in [1.165, 1.54) is 11.2 Å². The van der Waals surface area contributed by atoms with Crippen LogP contribution in [0, 0.1) is 0 Å². The van der Waals surface area contributed by atoms with Crippen molar-refractivity contribution >= 4 is 21.6 Å². The molecular weight excluding hydrogens is 345 g/mol. The molecule has 1 aliphatic carbocycles. The van der Waals surface area contributed by atoms with Crippen molar-refractivity contribution < 1.29 is 21.6 Å². The van der Waals surface area contributed by atoms with Gasteiger partial charge in [-0.25, -0.2) is 13.4 Å². The molecule has 0 radical (unpaired) electrons. The Balaban J connectivity index is 2.24. The number of rotatable bonds is 4. The summed E-state index contributed by atoms with van der Waals surface area (Å²) in [6.07, 6.45) is -1.12. The maximum Gasteiger partial charge on any atom is 0.433 e. The summed E-state index contributed by atoms with van der Waals surface area (Å²) in [4.78, 5) is 9.09. The average molecular weight is 366 g/mol. The molecule has 2 atom stereocenters. The third-order valence-electron chi connectivity index (χ3n) is 4.03. The van der Waals surface area contributed by atoms with Gasteiger partial charge in [-0.15, -0.1) is 0 Å². The molecule has 2 unspecified atom stereocenters. The van der Waals surface area contributed by atoms with Gasteiger partial charge in [-0.3, -0.25) is 0 Å². The zero-order valence-electron chi connectivity index (χ0n) is 13.8. The van der Waals surface area contributed by atoms with Crippen LogP contribution in [0.15, 0.2) is 6.07 Å². The highest BCUT2D eigenvalue weighted by Gasteiger charge is 2.35. The summed E-state index contributed by atoms with van der Waals surface area (Å²) in [5, 5.41) is 2.39. The lowest BCUT2D eigenvalue weighted by Crippen LogP contribution is -2.35. The third kappa shape index (κ3) is 4.71. The van der Waals surface area contributed by atoms with E-state index in [1.54, 1.807) is 14.1 Å². The van der Waals surface area contributed by atoms with Crippen molar-refractivity contribution in [2.75, 3.05) is 30.6 Å². The van der Waals surface area contributed by atoms with Gasteiger partial charge in [0.25, 0.3) is 0 Å². The lowest BCUT2D eigenvalue weighted by molar-refractivity contribution is -0.141. The molecule has 1 N–H and O–H groups in total. The molecule has 0 saturated heterocycles.